The molecule has 2 rings (SSSR count). The summed E-state index contributed by atoms with van der Waals surface area (Å²) in [4.78, 5) is 16.6. The summed E-state index contributed by atoms with van der Waals surface area (Å²) in [5, 5.41) is 8.08. The lowest BCUT2D eigenvalue weighted by atomic mass is 10.1. The first-order chi connectivity index (χ1) is 9.63. The maximum absolute atomic E-state index is 12.3. The summed E-state index contributed by atoms with van der Waals surface area (Å²) in [7, 11) is 0. The zero-order valence-electron chi connectivity index (χ0n) is 12.2. The van der Waals surface area contributed by atoms with Crippen LogP contribution < -0.4 is 10.6 Å². The molecule has 0 aliphatic carbocycles. The first kappa shape index (κ1) is 14.3. The van der Waals surface area contributed by atoms with Gasteiger partial charge in [-0.3, -0.25) is 4.79 Å². The van der Waals surface area contributed by atoms with Crippen LogP contribution in [-0.2, 0) is 0 Å². The van der Waals surface area contributed by atoms with Crippen molar-refractivity contribution >= 4 is 22.5 Å². The van der Waals surface area contributed by atoms with Crippen molar-refractivity contribution in [1.82, 2.24) is 10.3 Å². The van der Waals surface area contributed by atoms with Crippen molar-refractivity contribution in [3.05, 3.63) is 36.0 Å². The molecule has 0 radical (unpaired) electrons. The van der Waals surface area contributed by atoms with Crippen LogP contribution in [0.3, 0.4) is 0 Å². The zero-order valence-corrected chi connectivity index (χ0v) is 12.2. The Hall–Kier alpha value is -2.10. The highest BCUT2D eigenvalue weighted by atomic mass is 16.1. The molecule has 0 saturated carbocycles. The molecule has 0 spiro atoms. The molecule has 0 saturated heterocycles. The molecule has 0 aliphatic rings. The summed E-state index contributed by atoms with van der Waals surface area (Å²) < 4.78 is 0. The number of fused-ring (bicyclic) bond motifs is 1. The van der Waals surface area contributed by atoms with Crippen LogP contribution in [0.1, 0.15) is 31.1 Å². The van der Waals surface area contributed by atoms with Crippen molar-refractivity contribution in [3.8, 4) is 0 Å². The average Bonchev–Trinajstić information content (AvgIpc) is 2.45. The molecule has 0 bridgehead atoms. The summed E-state index contributed by atoms with van der Waals surface area (Å²) in [6.45, 7) is 7.65. The highest BCUT2D eigenvalue weighted by Gasteiger charge is 2.13. The number of hydrogen-bond donors (Lipinski definition) is 2. The lowest BCUT2D eigenvalue weighted by molar-refractivity contribution is 0.0950. The van der Waals surface area contributed by atoms with Crippen molar-refractivity contribution < 1.29 is 4.79 Å². The van der Waals surface area contributed by atoms with Gasteiger partial charge in [-0.25, -0.2) is 4.98 Å². The van der Waals surface area contributed by atoms with Gasteiger partial charge in [-0.15, -0.1) is 0 Å². The number of amides is 1. The van der Waals surface area contributed by atoms with Gasteiger partial charge in [-0.2, -0.15) is 0 Å². The van der Waals surface area contributed by atoms with E-state index < -0.39 is 0 Å². The Morgan fingerprint density at radius 2 is 1.95 bits per heavy atom. The second-order valence-corrected chi connectivity index (χ2v) is 5.20. The summed E-state index contributed by atoms with van der Waals surface area (Å²) in [6.07, 6.45) is 1.65. The Bertz CT molecular complexity index is 608. The molecule has 20 heavy (non-hydrogen) atoms. The molecule has 0 unspecified atom stereocenters. The molecule has 0 atom stereocenters. The third-order valence-corrected chi connectivity index (χ3v) is 3.05. The van der Waals surface area contributed by atoms with Gasteiger partial charge < -0.3 is 10.6 Å². The van der Waals surface area contributed by atoms with E-state index in [-0.39, 0.29) is 5.91 Å². The van der Waals surface area contributed by atoms with E-state index in [1.165, 1.54) is 0 Å². The second kappa shape index (κ2) is 6.37. The number of carbonyl (C=O) groups is 1. The molecule has 1 heterocycles. The maximum atomic E-state index is 12.3. The second-order valence-electron chi connectivity index (χ2n) is 5.20. The van der Waals surface area contributed by atoms with Crippen molar-refractivity contribution in [1.29, 1.82) is 0 Å². The first-order valence-electron chi connectivity index (χ1n) is 7.03. The van der Waals surface area contributed by atoms with Crippen LogP contribution >= 0.6 is 0 Å². The largest absolute Gasteiger partial charge is 0.370 e. The van der Waals surface area contributed by atoms with E-state index in [2.05, 4.69) is 29.5 Å². The molecular formula is C16H21N3O. The highest BCUT2D eigenvalue weighted by Crippen LogP contribution is 2.24. The Kier molecular flexibility index (Phi) is 4.56. The SMILES string of the molecule is CCNc1ncc(C(=O)NCC(C)C)c2ccccc12. The van der Waals surface area contributed by atoms with Gasteiger partial charge in [0.05, 0.1) is 5.56 Å². The standard InChI is InChI=1S/C16H21N3O/c1-4-17-15-13-8-6-5-7-12(13)14(10-18-15)16(20)19-9-11(2)3/h5-8,10-11H,4,9H2,1-3H3,(H,17,18)(H,19,20). The van der Waals surface area contributed by atoms with Gasteiger partial charge in [0.15, 0.2) is 0 Å². The quantitative estimate of drug-likeness (QED) is 0.878. The predicted molar refractivity (Wildman–Crippen MR) is 83.1 cm³/mol. The van der Waals surface area contributed by atoms with Gasteiger partial charge in [0, 0.05) is 24.7 Å². The number of anilines is 1. The molecule has 4 heteroatoms. The summed E-state index contributed by atoms with van der Waals surface area (Å²) >= 11 is 0. The van der Waals surface area contributed by atoms with E-state index in [1.807, 2.05) is 31.2 Å². The number of aromatic nitrogens is 1. The fourth-order valence-electron chi connectivity index (χ4n) is 2.07. The molecular weight excluding hydrogens is 250 g/mol. The van der Waals surface area contributed by atoms with Gasteiger partial charge in [-0.05, 0) is 18.2 Å². The number of benzene rings is 1. The van der Waals surface area contributed by atoms with Crippen molar-refractivity contribution in [2.75, 3.05) is 18.4 Å². The third-order valence-electron chi connectivity index (χ3n) is 3.05. The minimum Gasteiger partial charge on any atom is -0.370 e. The van der Waals surface area contributed by atoms with E-state index in [0.717, 1.165) is 23.1 Å². The van der Waals surface area contributed by atoms with Crippen LogP contribution in [0.15, 0.2) is 30.5 Å². The van der Waals surface area contributed by atoms with Crippen LogP contribution in [0.25, 0.3) is 10.8 Å². The van der Waals surface area contributed by atoms with Gasteiger partial charge in [0.25, 0.3) is 5.91 Å². The molecule has 106 valence electrons. The fourth-order valence-corrected chi connectivity index (χ4v) is 2.07. The van der Waals surface area contributed by atoms with E-state index in [4.69, 9.17) is 0 Å². The number of rotatable bonds is 5. The number of hydrogen-bond acceptors (Lipinski definition) is 3. The average molecular weight is 271 g/mol. The first-order valence-corrected chi connectivity index (χ1v) is 7.03. The number of nitrogens with zero attached hydrogens (tertiary/aromatic N) is 1. The summed E-state index contributed by atoms with van der Waals surface area (Å²) in [6, 6.07) is 7.85. The number of carbonyl (C=O) groups excluding carboxylic acids is 1. The van der Waals surface area contributed by atoms with Crippen LogP contribution in [0.4, 0.5) is 5.82 Å². The lowest BCUT2D eigenvalue weighted by Crippen LogP contribution is -2.27. The maximum Gasteiger partial charge on any atom is 0.253 e. The van der Waals surface area contributed by atoms with E-state index in [9.17, 15) is 4.79 Å². The molecule has 1 aromatic carbocycles. The van der Waals surface area contributed by atoms with Gasteiger partial charge >= 0.3 is 0 Å². The van der Waals surface area contributed by atoms with Crippen molar-refractivity contribution in [2.45, 2.75) is 20.8 Å². The Morgan fingerprint density at radius 3 is 2.60 bits per heavy atom. The minimum absolute atomic E-state index is 0.0644. The van der Waals surface area contributed by atoms with Crippen molar-refractivity contribution in [3.63, 3.8) is 0 Å². The molecule has 0 aliphatic heterocycles. The van der Waals surface area contributed by atoms with Crippen LogP contribution in [0.5, 0.6) is 0 Å². The predicted octanol–water partition coefficient (Wildman–Crippen LogP) is 3.05. The molecule has 4 nitrogen and oxygen atoms in total. The molecule has 2 N–H and O–H groups in total. The van der Waals surface area contributed by atoms with Gasteiger partial charge in [0.2, 0.25) is 0 Å². The van der Waals surface area contributed by atoms with E-state index in [0.29, 0.717) is 18.0 Å². The van der Waals surface area contributed by atoms with Crippen LogP contribution in [-0.4, -0.2) is 24.0 Å². The fraction of sp³-hybridized carbons (Fsp3) is 0.375. The molecule has 0 fully saturated rings. The molecule has 1 amide bonds. The Morgan fingerprint density at radius 1 is 1.25 bits per heavy atom. The van der Waals surface area contributed by atoms with Crippen LogP contribution in [0, 0.1) is 5.92 Å². The zero-order chi connectivity index (χ0) is 14.5. The molecule has 2 aromatic rings. The number of pyridine rings is 1. The third kappa shape index (κ3) is 3.07. The Labute approximate surface area is 119 Å². The monoisotopic (exact) mass is 271 g/mol. The molecule has 1 aromatic heterocycles. The normalized spacial score (nSPS) is 10.8. The lowest BCUT2D eigenvalue weighted by Gasteiger charge is -2.12. The van der Waals surface area contributed by atoms with E-state index >= 15 is 0 Å². The summed E-state index contributed by atoms with van der Waals surface area (Å²) in [5.74, 6) is 1.19. The highest BCUT2D eigenvalue weighted by molar-refractivity contribution is 6.09. The number of nitrogens with one attached hydrogen (secondary N) is 2. The van der Waals surface area contributed by atoms with Gasteiger partial charge in [0.1, 0.15) is 5.82 Å². The van der Waals surface area contributed by atoms with Crippen molar-refractivity contribution in [2.24, 2.45) is 5.92 Å². The van der Waals surface area contributed by atoms with Crippen LogP contribution in [0.2, 0.25) is 0 Å². The summed E-state index contributed by atoms with van der Waals surface area (Å²) in [5.41, 5.74) is 0.628. The van der Waals surface area contributed by atoms with E-state index in [1.54, 1.807) is 6.20 Å². The smallest absolute Gasteiger partial charge is 0.253 e. The van der Waals surface area contributed by atoms with Gasteiger partial charge in [-0.1, -0.05) is 38.1 Å². The topological polar surface area (TPSA) is 54.0 Å². The minimum atomic E-state index is -0.0644. The Balaban J connectivity index is 2.40.